The number of hydrogen-bond acceptors (Lipinski definition) is 15. The van der Waals surface area contributed by atoms with Crippen LogP contribution in [-0.4, -0.2) is 96.7 Å². The standard InChI is InChI=1S/C72H140O17P2/c1-7-9-11-13-15-17-19-20-24-32-38-44-50-56-71(76)88-67(60-82-69(74)54-48-42-36-30-22-18-16-14-12-10-8-2)62-86-90(78,79)84-58-66(73)59-85-91(80,81)87-63-68(61-83-70(75)55-49-43-37-31-27-26-29-35-41-47-53-65(5)6)89-72(77)57-51-45-39-33-25-21-23-28-34-40-46-52-64(3)4/h64-68,73H,7-63H2,1-6H3,(H,78,79)(H,80,81)/t66-,67+,68+/m0/s1. The maximum Gasteiger partial charge on any atom is 0.472 e. The van der Waals surface area contributed by atoms with Crippen LogP contribution in [0.25, 0.3) is 0 Å². The van der Waals surface area contributed by atoms with Crippen LogP contribution in [0.15, 0.2) is 0 Å². The van der Waals surface area contributed by atoms with Crippen LogP contribution in [0.2, 0.25) is 0 Å². The minimum absolute atomic E-state index is 0.106. The van der Waals surface area contributed by atoms with Crippen molar-refractivity contribution >= 4 is 39.5 Å². The minimum Gasteiger partial charge on any atom is -0.462 e. The highest BCUT2D eigenvalue weighted by molar-refractivity contribution is 7.47. The fourth-order valence-electron chi connectivity index (χ4n) is 10.9. The molecule has 0 aromatic heterocycles. The quantitative estimate of drug-likeness (QED) is 0.0222. The fourth-order valence-corrected chi connectivity index (χ4v) is 12.5. The topological polar surface area (TPSA) is 237 Å². The second kappa shape index (κ2) is 64.1. The Balaban J connectivity index is 5.26. The second-order valence-electron chi connectivity index (χ2n) is 26.9. The van der Waals surface area contributed by atoms with Crippen molar-refractivity contribution < 1.29 is 80.2 Å². The fraction of sp³-hybridized carbons (Fsp3) is 0.944. The molecule has 0 rings (SSSR count). The second-order valence-corrected chi connectivity index (χ2v) is 29.8. The normalized spacial score (nSPS) is 14.1. The third-order valence-electron chi connectivity index (χ3n) is 16.7. The highest BCUT2D eigenvalue weighted by Gasteiger charge is 2.30. The molecule has 5 atom stereocenters. The summed E-state index contributed by atoms with van der Waals surface area (Å²) in [6, 6.07) is 0. The molecule has 0 fully saturated rings. The van der Waals surface area contributed by atoms with E-state index in [1.807, 2.05) is 0 Å². The largest absolute Gasteiger partial charge is 0.472 e. The summed E-state index contributed by atoms with van der Waals surface area (Å²) in [6.07, 6.45) is 49.7. The average molecular weight is 1340 g/mol. The number of ether oxygens (including phenoxy) is 4. The maximum absolute atomic E-state index is 13.0. The summed E-state index contributed by atoms with van der Waals surface area (Å²) in [5.41, 5.74) is 0. The Bertz CT molecular complexity index is 1770. The van der Waals surface area contributed by atoms with Gasteiger partial charge in [0.15, 0.2) is 12.2 Å². The van der Waals surface area contributed by atoms with Gasteiger partial charge in [-0.05, 0) is 37.5 Å². The van der Waals surface area contributed by atoms with Crippen LogP contribution in [0.5, 0.6) is 0 Å². The van der Waals surface area contributed by atoms with Gasteiger partial charge in [0.2, 0.25) is 0 Å². The SMILES string of the molecule is CCCCCCCCCCCCCCCC(=O)O[C@H](COC(=O)CCCCCCCCCCCCC)COP(=O)(O)OC[C@H](O)COP(=O)(O)OC[C@@H](COC(=O)CCCCCCCCCCCCC(C)C)OC(=O)CCCCCCCCCCCCCC(C)C. The van der Waals surface area contributed by atoms with Gasteiger partial charge in [0.05, 0.1) is 26.4 Å². The van der Waals surface area contributed by atoms with Gasteiger partial charge in [0.1, 0.15) is 19.3 Å². The first-order chi connectivity index (χ1) is 43.9. The first-order valence-corrected chi connectivity index (χ1v) is 40.5. The number of aliphatic hydroxyl groups excluding tert-OH is 1. The zero-order valence-corrected chi connectivity index (χ0v) is 60.9. The summed E-state index contributed by atoms with van der Waals surface area (Å²) in [5.74, 6) is -0.595. The molecule has 0 aliphatic carbocycles. The Morgan fingerprint density at radius 1 is 0.297 bits per heavy atom. The Morgan fingerprint density at radius 2 is 0.505 bits per heavy atom. The molecule has 0 aromatic rings. The molecule has 0 bridgehead atoms. The third kappa shape index (κ3) is 66.5. The van der Waals surface area contributed by atoms with E-state index in [4.69, 9.17) is 37.0 Å². The molecule has 0 aliphatic rings. The van der Waals surface area contributed by atoms with Gasteiger partial charge in [-0.15, -0.1) is 0 Å². The number of aliphatic hydroxyl groups is 1. The van der Waals surface area contributed by atoms with Gasteiger partial charge in [0.25, 0.3) is 0 Å². The molecule has 91 heavy (non-hydrogen) atoms. The monoisotopic (exact) mass is 1340 g/mol. The molecule has 19 heteroatoms. The molecule has 0 aliphatic heterocycles. The lowest BCUT2D eigenvalue weighted by Gasteiger charge is -2.21. The van der Waals surface area contributed by atoms with E-state index in [0.717, 1.165) is 102 Å². The number of unbranched alkanes of at least 4 members (excludes halogenated alkanes) is 41. The van der Waals surface area contributed by atoms with Crippen molar-refractivity contribution in [2.45, 2.75) is 387 Å². The number of esters is 4. The Kier molecular flexibility index (Phi) is 62.7. The number of phosphoric ester groups is 2. The van der Waals surface area contributed by atoms with Crippen molar-refractivity contribution in [2.24, 2.45) is 11.8 Å². The number of hydrogen-bond donors (Lipinski definition) is 3. The summed E-state index contributed by atoms with van der Waals surface area (Å²) >= 11 is 0. The van der Waals surface area contributed by atoms with E-state index in [-0.39, 0.29) is 25.7 Å². The zero-order chi connectivity index (χ0) is 67.2. The Hall–Kier alpha value is -1.94. The van der Waals surface area contributed by atoms with Crippen molar-refractivity contribution in [1.29, 1.82) is 0 Å². The van der Waals surface area contributed by atoms with Gasteiger partial charge in [-0.1, -0.05) is 318 Å². The lowest BCUT2D eigenvalue weighted by atomic mass is 10.0. The van der Waals surface area contributed by atoms with Crippen LogP contribution in [0.1, 0.15) is 369 Å². The average Bonchev–Trinajstić information content (AvgIpc) is 3.62. The molecule has 0 radical (unpaired) electrons. The molecular formula is C72H140O17P2. The molecule has 540 valence electrons. The molecule has 2 unspecified atom stereocenters. The van der Waals surface area contributed by atoms with Crippen LogP contribution < -0.4 is 0 Å². The molecule has 0 saturated heterocycles. The van der Waals surface area contributed by atoms with Crippen molar-refractivity contribution in [2.75, 3.05) is 39.6 Å². The first-order valence-electron chi connectivity index (χ1n) is 37.5. The minimum atomic E-state index is -4.95. The van der Waals surface area contributed by atoms with E-state index in [0.29, 0.717) is 25.7 Å². The highest BCUT2D eigenvalue weighted by atomic mass is 31.2. The molecule has 17 nitrogen and oxygen atoms in total. The smallest absolute Gasteiger partial charge is 0.462 e. The third-order valence-corrected chi connectivity index (χ3v) is 18.6. The highest BCUT2D eigenvalue weighted by Crippen LogP contribution is 2.45. The van der Waals surface area contributed by atoms with Crippen molar-refractivity contribution in [3.8, 4) is 0 Å². The van der Waals surface area contributed by atoms with Crippen molar-refractivity contribution in [3.05, 3.63) is 0 Å². The summed E-state index contributed by atoms with van der Waals surface area (Å²) in [6.45, 7) is 9.56. The molecule has 0 aromatic carbocycles. The number of rotatable bonds is 71. The maximum atomic E-state index is 13.0. The van der Waals surface area contributed by atoms with Gasteiger partial charge in [-0.3, -0.25) is 37.3 Å². The van der Waals surface area contributed by atoms with Crippen LogP contribution >= 0.6 is 15.6 Å². The lowest BCUT2D eigenvalue weighted by Crippen LogP contribution is -2.30. The van der Waals surface area contributed by atoms with E-state index in [1.165, 1.54) is 186 Å². The van der Waals surface area contributed by atoms with Gasteiger partial charge >= 0.3 is 39.5 Å². The van der Waals surface area contributed by atoms with E-state index in [1.54, 1.807) is 0 Å². The van der Waals surface area contributed by atoms with E-state index < -0.39 is 97.5 Å². The van der Waals surface area contributed by atoms with Gasteiger partial charge in [-0.2, -0.15) is 0 Å². The molecule has 0 spiro atoms. The van der Waals surface area contributed by atoms with Crippen molar-refractivity contribution in [3.63, 3.8) is 0 Å². The number of carbonyl (C=O) groups is 4. The van der Waals surface area contributed by atoms with E-state index in [2.05, 4.69) is 41.5 Å². The van der Waals surface area contributed by atoms with Gasteiger partial charge in [0, 0.05) is 25.7 Å². The zero-order valence-electron chi connectivity index (χ0n) is 59.1. The predicted octanol–water partition coefficient (Wildman–Crippen LogP) is 20.8. The molecule has 3 N–H and O–H groups in total. The van der Waals surface area contributed by atoms with Gasteiger partial charge < -0.3 is 33.8 Å². The summed E-state index contributed by atoms with van der Waals surface area (Å²) in [5, 5.41) is 10.6. The molecule has 0 saturated carbocycles. The summed E-state index contributed by atoms with van der Waals surface area (Å²) < 4.78 is 68.4. The number of phosphoric acid groups is 2. The van der Waals surface area contributed by atoms with Crippen LogP contribution in [0, 0.1) is 11.8 Å². The molecule has 0 heterocycles. The van der Waals surface area contributed by atoms with Crippen LogP contribution in [0.3, 0.4) is 0 Å². The van der Waals surface area contributed by atoms with E-state index >= 15 is 0 Å². The molecular weight excluding hydrogens is 1200 g/mol. The van der Waals surface area contributed by atoms with E-state index in [9.17, 15) is 43.2 Å². The van der Waals surface area contributed by atoms with Crippen molar-refractivity contribution in [1.82, 2.24) is 0 Å². The lowest BCUT2D eigenvalue weighted by molar-refractivity contribution is -0.161. The Labute approximate surface area is 556 Å². The summed E-state index contributed by atoms with van der Waals surface area (Å²) in [7, 11) is -9.90. The number of carbonyl (C=O) groups excluding carboxylic acids is 4. The van der Waals surface area contributed by atoms with Crippen LogP contribution in [0.4, 0.5) is 0 Å². The first kappa shape index (κ1) is 89.1. The molecule has 0 amide bonds. The van der Waals surface area contributed by atoms with Crippen LogP contribution in [-0.2, 0) is 65.4 Å². The Morgan fingerprint density at radius 3 is 0.747 bits per heavy atom. The predicted molar refractivity (Wildman–Crippen MR) is 368 cm³/mol. The summed E-state index contributed by atoms with van der Waals surface area (Å²) in [4.78, 5) is 72.6. The van der Waals surface area contributed by atoms with Gasteiger partial charge in [-0.25, -0.2) is 9.13 Å².